The molecule has 0 aliphatic rings. The van der Waals surface area contributed by atoms with Crippen molar-refractivity contribution < 1.29 is 0 Å². The molecule has 0 fully saturated rings. The van der Waals surface area contributed by atoms with E-state index in [4.69, 9.17) is 0 Å². The van der Waals surface area contributed by atoms with Gasteiger partial charge in [0.2, 0.25) is 0 Å². The zero-order chi connectivity index (χ0) is 12.3. The van der Waals surface area contributed by atoms with Gasteiger partial charge in [-0.1, -0.05) is 20.8 Å². The van der Waals surface area contributed by atoms with E-state index >= 15 is 0 Å². The van der Waals surface area contributed by atoms with Crippen molar-refractivity contribution in [3.63, 3.8) is 0 Å². The summed E-state index contributed by atoms with van der Waals surface area (Å²) >= 11 is 0. The molecule has 17 heavy (non-hydrogen) atoms. The Balaban J connectivity index is 2.04. The van der Waals surface area contributed by atoms with Crippen LogP contribution in [0.5, 0.6) is 0 Å². The average molecular weight is 231 g/mol. The smallest absolute Gasteiger partial charge is 0.143 e. The number of nitrogens with zero attached hydrogens (tertiary/aromatic N) is 4. The third kappa shape index (κ3) is 3.27. The quantitative estimate of drug-likeness (QED) is 0.879. The summed E-state index contributed by atoms with van der Waals surface area (Å²) in [4.78, 5) is 0. The zero-order valence-corrected chi connectivity index (χ0v) is 10.4. The van der Waals surface area contributed by atoms with Crippen molar-refractivity contribution in [2.45, 2.75) is 20.8 Å². The van der Waals surface area contributed by atoms with E-state index in [9.17, 15) is 0 Å². The monoisotopic (exact) mass is 231 g/mol. The molecular formula is C12H17N5. The fourth-order valence-corrected chi connectivity index (χ4v) is 1.38. The molecule has 5 nitrogen and oxygen atoms in total. The lowest BCUT2D eigenvalue weighted by Gasteiger charge is -2.19. The standard InChI is InChI=1S/C12H17N5/c1-12(2,3)8-13-10-4-6-11(7-5-10)17-9-14-15-16-17/h4-7,9,13H,8H2,1-3H3. The van der Waals surface area contributed by atoms with E-state index in [2.05, 4.69) is 41.6 Å². The van der Waals surface area contributed by atoms with E-state index in [-0.39, 0.29) is 5.41 Å². The second kappa shape index (κ2) is 4.53. The van der Waals surface area contributed by atoms with Crippen LogP contribution in [0, 0.1) is 5.41 Å². The molecule has 1 heterocycles. The summed E-state index contributed by atoms with van der Waals surface area (Å²) in [5.41, 5.74) is 2.34. The largest absolute Gasteiger partial charge is 0.385 e. The van der Waals surface area contributed by atoms with Crippen LogP contribution in [0.15, 0.2) is 30.6 Å². The number of aromatic nitrogens is 4. The number of rotatable bonds is 3. The first-order chi connectivity index (χ1) is 8.04. The van der Waals surface area contributed by atoms with Gasteiger partial charge in [0.05, 0.1) is 5.69 Å². The SMILES string of the molecule is CC(C)(C)CNc1ccc(-n2cnnn2)cc1. The van der Waals surface area contributed by atoms with Gasteiger partial charge in [-0.15, -0.1) is 5.10 Å². The number of anilines is 1. The molecule has 1 aromatic heterocycles. The summed E-state index contributed by atoms with van der Waals surface area (Å²) in [6.07, 6.45) is 1.58. The van der Waals surface area contributed by atoms with Crippen molar-refractivity contribution in [2.24, 2.45) is 5.41 Å². The summed E-state index contributed by atoms with van der Waals surface area (Å²) in [6, 6.07) is 8.04. The Morgan fingerprint density at radius 3 is 2.41 bits per heavy atom. The van der Waals surface area contributed by atoms with Gasteiger partial charge in [-0.2, -0.15) is 0 Å². The molecule has 0 bridgehead atoms. The molecule has 0 atom stereocenters. The molecular weight excluding hydrogens is 214 g/mol. The second-order valence-corrected chi connectivity index (χ2v) is 5.22. The van der Waals surface area contributed by atoms with Gasteiger partial charge >= 0.3 is 0 Å². The third-order valence-electron chi connectivity index (χ3n) is 2.30. The van der Waals surface area contributed by atoms with Gasteiger partial charge in [0.1, 0.15) is 6.33 Å². The minimum Gasteiger partial charge on any atom is -0.385 e. The lowest BCUT2D eigenvalue weighted by atomic mass is 9.97. The van der Waals surface area contributed by atoms with Crippen LogP contribution in [0.4, 0.5) is 5.69 Å². The maximum Gasteiger partial charge on any atom is 0.143 e. The Morgan fingerprint density at radius 1 is 1.18 bits per heavy atom. The molecule has 2 aromatic rings. The lowest BCUT2D eigenvalue weighted by Crippen LogP contribution is -2.18. The minimum atomic E-state index is 0.272. The Kier molecular flexibility index (Phi) is 3.08. The van der Waals surface area contributed by atoms with Crippen LogP contribution in [-0.4, -0.2) is 26.8 Å². The van der Waals surface area contributed by atoms with Gasteiger partial charge < -0.3 is 5.32 Å². The Bertz CT molecular complexity index is 453. The van der Waals surface area contributed by atoms with Crippen molar-refractivity contribution in [2.75, 3.05) is 11.9 Å². The highest BCUT2D eigenvalue weighted by atomic mass is 15.5. The molecule has 0 spiro atoms. The molecule has 0 unspecified atom stereocenters. The highest BCUT2D eigenvalue weighted by Crippen LogP contribution is 2.16. The molecule has 1 aromatic carbocycles. The Hall–Kier alpha value is -1.91. The number of nitrogens with one attached hydrogen (secondary N) is 1. The van der Waals surface area contributed by atoms with Crippen LogP contribution in [0.2, 0.25) is 0 Å². The molecule has 5 heteroatoms. The normalized spacial score (nSPS) is 11.5. The zero-order valence-electron chi connectivity index (χ0n) is 10.4. The van der Waals surface area contributed by atoms with Crippen molar-refractivity contribution in [1.29, 1.82) is 0 Å². The fourth-order valence-electron chi connectivity index (χ4n) is 1.38. The first-order valence-corrected chi connectivity index (χ1v) is 5.62. The van der Waals surface area contributed by atoms with Crippen LogP contribution in [0.1, 0.15) is 20.8 Å². The van der Waals surface area contributed by atoms with Crippen molar-refractivity contribution in [3.8, 4) is 5.69 Å². The third-order valence-corrected chi connectivity index (χ3v) is 2.30. The summed E-state index contributed by atoms with van der Waals surface area (Å²) < 4.78 is 1.63. The molecule has 0 saturated carbocycles. The predicted molar refractivity (Wildman–Crippen MR) is 67.1 cm³/mol. The van der Waals surface area contributed by atoms with E-state index in [1.165, 1.54) is 0 Å². The van der Waals surface area contributed by atoms with Gasteiger partial charge in [0.15, 0.2) is 0 Å². The van der Waals surface area contributed by atoms with Crippen LogP contribution in [0.25, 0.3) is 5.69 Å². The number of benzene rings is 1. The van der Waals surface area contributed by atoms with Gasteiger partial charge in [-0.3, -0.25) is 0 Å². The van der Waals surface area contributed by atoms with Gasteiger partial charge in [0.25, 0.3) is 0 Å². The van der Waals surface area contributed by atoms with E-state index in [0.29, 0.717) is 0 Å². The number of hydrogen-bond donors (Lipinski definition) is 1. The first-order valence-electron chi connectivity index (χ1n) is 5.62. The topological polar surface area (TPSA) is 55.6 Å². The summed E-state index contributed by atoms with van der Waals surface area (Å²) in [5.74, 6) is 0. The second-order valence-electron chi connectivity index (χ2n) is 5.22. The summed E-state index contributed by atoms with van der Waals surface area (Å²) in [5, 5.41) is 14.4. The highest BCUT2D eigenvalue weighted by molar-refractivity contribution is 5.48. The highest BCUT2D eigenvalue weighted by Gasteiger charge is 2.09. The van der Waals surface area contributed by atoms with Crippen LogP contribution in [-0.2, 0) is 0 Å². The maximum atomic E-state index is 3.84. The van der Waals surface area contributed by atoms with Crippen LogP contribution in [0.3, 0.4) is 0 Å². The molecule has 0 saturated heterocycles. The van der Waals surface area contributed by atoms with Crippen molar-refractivity contribution in [3.05, 3.63) is 30.6 Å². The van der Waals surface area contributed by atoms with E-state index < -0.39 is 0 Å². The van der Waals surface area contributed by atoms with Crippen molar-refractivity contribution in [1.82, 2.24) is 20.2 Å². The molecule has 0 amide bonds. The van der Waals surface area contributed by atoms with E-state index in [1.54, 1.807) is 11.0 Å². The van der Waals surface area contributed by atoms with E-state index in [0.717, 1.165) is 17.9 Å². The molecule has 90 valence electrons. The average Bonchev–Trinajstić information content (AvgIpc) is 2.79. The molecule has 2 rings (SSSR count). The van der Waals surface area contributed by atoms with Crippen LogP contribution < -0.4 is 5.32 Å². The predicted octanol–water partition coefficient (Wildman–Crippen LogP) is 2.12. The van der Waals surface area contributed by atoms with Crippen molar-refractivity contribution >= 4 is 5.69 Å². The van der Waals surface area contributed by atoms with Gasteiger partial charge in [-0.25, -0.2) is 4.68 Å². The number of hydrogen-bond acceptors (Lipinski definition) is 4. The van der Waals surface area contributed by atoms with Gasteiger partial charge in [-0.05, 0) is 40.1 Å². The molecule has 1 N–H and O–H groups in total. The number of tetrazole rings is 1. The molecule has 0 aliphatic carbocycles. The first kappa shape index (κ1) is 11.6. The lowest BCUT2D eigenvalue weighted by molar-refractivity contribution is 0.443. The van der Waals surface area contributed by atoms with Crippen LogP contribution >= 0.6 is 0 Å². The maximum absolute atomic E-state index is 3.84. The minimum absolute atomic E-state index is 0.272. The molecule has 0 radical (unpaired) electrons. The summed E-state index contributed by atoms with van der Waals surface area (Å²) in [6.45, 7) is 7.55. The summed E-state index contributed by atoms with van der Waals surface area (Å²) in [7, 11) is 0. The Morgan fingerprint density at radius 2 is 1.88 bits per heavy atom. The fraction of sp³-hybridized carbons (Fsp3) is 0.417. The molecule has 0 aliphatic heterocycles. The van der Waals surface area contributed by atoms with E-state index in [1.807, 2.05) is 24.3 Å². The van der Waals surface area contributed by atoms with Gasteiger partial charge in [0, 0.05) is 12.2 Å². The Labute approximate surface area is 101 Å².